The number of carbonyl (C=O) groups is 1. The summed E-state index contributed by atoms with van der Waals surface area (Å²) in [5, 5.41) is 20.1. The predicted molar refractivity (Wildman–Crippen MR) is 81.5 cm³/mol. The molecule has 0 aliphatic heterocycles. The van der Waals surface area contributed by atoms with Crippen LogP contribution in [0.5, 0.6) is 0 Å². The van der Waals surface area contributed by atoms with Crippen LogP contribution in [0.1, 0.15) is 65.7 Å². The van der Waals surface area contributed by atoms with Crippen LogP contribution in [0.4, 0.5) is 0 Å². The van der Waals surface area contributed by atoms with Crippen molar-refractivity contribution in [1.29, 1.82) is 0 Å². The van der Waals surface area contributed by atoms with Gasteiger partial charge in [-0.15, -0.1) is 0 Å². The molecule has 0 aromatic heterocycles. The van der Waals surface area contributed by atoms with Crippen LogP contribution < -0.4 is 0 Å². The van der Waals surface area contributed by atoms with Crippen LogP contribution in [-0.4, -0.2) is 27.2 Å². The molecule has 0 saturated heterocycles. The van der Waals surface area contributed by atoms with Crippen molar-refractivity contribution in [3.05, 3.63) is 23.8 Å². The molecule has 0 heterocycles. The van der Waals surface area contributed by atoms with Crippen LogP contribution in [0.2, 0.25) is 0 Å². The van der Waals surface area contributed by atoms with E-state index in [1.807, 2.05) is 0 Å². The third-order valence-electron chi connectivity index (χ3n) is 3.67. The lowest BCUT2D eigenvalue weighted by atomic mass is 9.91. The number of hydrogen-bond donors (Lipinski definition) is 2. The zero-order chi connectivity index (χ0) is 15.2. The van der Waals surface area contributed by atoms with Crippen LogP contribution in [0.25, 0.3) is 0 Å². The van der Waals surface area contributed by atoms with Crippen molar-refractivity contribution in [2.24, 2.45) is 0 Å². The van der Waals surface area contributed by atoms with Crippen LogP contribution in [0.15, 0.2) is 23.8 Å². The average Bonchev–Trinajstić information content (AvgIpc) is 2.62. The van der Waals surface area contributed by atoms with Gasteiger partial charge in [0, 0.05) is 6.42 Å². The van der Waals surface area contributed by atoms with Gasteiger partial charge in [-0.1, -0.05) is 51.2 Å². The summed E-state index contributed by atoms with van der Waals surface area (Å²) in [5.41, 5.74) is -1.32. The molecule has 0 amide bonds. The standard InChI is InChI=1S/C17H28O3/c1-4-5-6-7-8-10-17(20)13-14(12-15(17)18)9-11-16(2,3)19/h9,11-12,19-20H,4-8,10,13H2,1-3H3/t17-/m1/s1. The summed E-state index contributed by atoms with van der Waals surface area (Å²) in [5.74, 6) is -0.191. The fourth-order valence-corrected chi connectivity index (χ4v) is 2.43. The maximum atomic E-state index is 11.9. The largest absolute Gasteiger partial charge is 0.386 e. The highest BCUT2D eigenvalue weighted by Gasteiger charge is 2.38. The molecule has 114 valence electrons. The Morgan fingerprint density at radius 1 is 1.30 bits per heavy atom. The number of ketones is 1. The SMILES string of the molecule is CCCCCCC[C@@]1(O)CC(C=CC(C)(C)O)=CC1=O. The molecule has 1 rings (SSSR count). The van der Waals surface area contributed by atoms with Gasteiger partial charge in [0.15, 0.2) is 5.78 Å². The minimum absolute atomic E-state index is 0.191. The number of rotatable bonds is 8. The first-order valence-electron chi connectivity index (χ1n) is 7.66. The Bertz CT molecular complexity index is 388. The Hall–Kier alpha value is -0.930. The molecule has 3 nitrogen and oxygen atoms in total. The van der Waals surface area contributed by atoms with E-state index in [0.29, 0.717) is 12.8 Å². The fraction of sp³-hybridized carbons (Fsp3) is 0.706. The van der Waals surface area contributed by atoms with Gasteiger partial charge in [0.1, 0.15) is 5.60 Å². The highest BCUT2D eigenvalue weighted by Crippen LogP contribution is 2.32. The van der Waals surface area contributed by atoms with E-state index in [2.05, 4.69) is 6.92 Å². The highest BCUT2D eigenvalue weighted by molar-refractivity contribution is 6.00. The van der Waals surface area contributed by atoms with Gasteiger partial charge < -0.3 is 10.2 Å². The van der Waals surface area contributed by atoms with Gasteiger partial charge in [-0.2, -0.15) is 0 Å². The molecule has 0 unspecified atom stereocenters. The van der Waals surface area contributed by atoms with E-state index in [-0.39, 0.29) is 5.78 Å². The molecular formula is C17H28O3. The molecule has 0 radical (unpaired) electrons. The van der Waals surface area contributed by atoms with Crippen LogP contribution >= 0.6 is 0 Å². The van der Waals surface area contributed by atoms with E-state index < -0.39 is 11.2 Å². The number of hydrogen-bond acceptors (Lipinski definition) is 3. The van der Waals surface area contributed by atoms with Crippen molar-refractivity contribution in [2.45, 2.75) is 76.9 Å². The highest BCUT2D eigenvalue weighted by atomic mass is 16.3. The molecule has 0 bridgehead atoms. The molecule has 0 aromatic rings. The van der Waals surface area contributed by atoms with Gasteiger partial charge in [-0.3, -0.25) is 4.79 Å². The molecule has 0 spiro atoms. The van der Waals surface area contributed by atoms with Crippen molar-refractivity contribution < 1.29 is 15.0 Å². The van der Waals surface area contributed by atoms with E-state index in [1.165, 1.54) is 25.3 Å². The molecule has 20 heavy (non-hydrogen) atoms. The normalized spacial score (nSPS) is 23.6. The monoisotopic (exact) mass is 280 g/mol. The third-order valence-corrected chi connectivity index (χ3v) is 3.67. The maximum Gasteiger partial charge on any atom is 0.187 e. The summed E-state index contributed by atoms with van der Waals surface area (Å²) in [7, 11) is 0. The van der Waals surface area contributed by atoms with Crippen molar-refractivity contribution >= 4 is 5.78 Å². The summed E-state index contributed by atoms with van der Waals surface area (Å²) in [6.45, 7) is 5.53. The van der Waals surface area contributed by atoms with Gasteiger partial charge in [0.05, 0.1) is 5.60 Å². The van der Waals surface area contributed by atoms with Crippen molar-refractivity contribution in [3.8, 4) is 0 Å². The first-order chi connectivity index (χ1) is 9.27. The molecule has 3 heteroatoms. The topological polar surface area (TPSA) is 57.5 Å². The van der Waals surface area contributed by atoms with E-state index in [9.17, 15) is 15.0 Å². The second-order valence-corrected chi connectivity index (χ2v) is 6.44. The number of carbonyl (C=O) groups excluding carboxylic acids is 1. The molecule has 0 saturated carbocycles. The van der Waals surface area contributed by atoms with E-state index in [1.54, 1.807) is 26.0 Å². The Morgan fingerprint density at radius 2 is 1.95 bits per heavy atom. The zero-order valence-electron chi connectivity index (χ0n) is 13.0. The molecule has 1 aliphatic rings. The lowest BCUT2D eigenvalue weighted by molar-refractivity contribution is -0.131. The average molecular weight is 280 g/mol. The van der Waals surface area contributed by atoms with Gasteiger partial charge in [0.25, 0.3) is 0 Å². The van der Waals surface area contributed by atoms with Crippen molar-refractivity contribution in [2.75, 3.05) is 0 Å². The minimum atomic E-state index is -1.22. The Labute approximate surface area is 122 Å². The van der Waals surface area contributed by atoms with Crippen LogP contribution in [0, 0.1) is 0 Å². The smallest absolute Gasteiger partial charge is 0.187 e. The molecule has 1 atom stereocenters. The molecule has 1 aliphatic carbocycles. The molecule has 0 fully saturated rings. The van der Waals surface area contributed by atoms with Crippen molar-refractivity contribution in [1.82, 2.24) is 0 Å². The van der Waals surface area contributed by atoms with E-state index >= 15 is 0 Å². The zero-order valence-corrected chi connectivity index (χ0v) is 13.0. The summed E-state index contributed by atoms with van der Waals surface area (Å²) >= 11 is 0. The first-order valence-corrected chi connectivity index (χ1v) is 7.66. The minimum Gasteiger partial charge on any atom is -0.386 e. The number of allylic oxidation sites excluding steroid dienone is 1. The first kappa shape index (κ1) is 17.1. The Balaban J connectivity index is 2.46. The number of unbranched alkanes of at least 4 members (excludes halogenated alkanes) is 4. The van der Waals surface area contributed by atoms with E-state index in [0.717, 1.165) is 18.4 Å². The van der Waals surface area contributed by atoms with Gasteiger partial charge in [0.2, 0.25) is 0 Å². The Morgan fingerprint density at radius 3 is 2.55 bits per heavy atom. The molecular weight excluding hydrogens is 252 g/mol. The summed E-state index contributed by atoms with van der Waals surface area (Å²) < 4.78 is 0. The van der Waals surface area contributed by atoms with Gasteiger partial charge in [-0.25, -0.2) is 0 Å². The third kappa shape index (κ3) is 5.59. The van der Waals surface area contributed by atoms with E-state index in [4.69, 9.17) is 0 Å². The van der Waals surface area contributed by atoms with Crippen molar-refractivity contribution in [3.63, 3.8) is 0 Å². The lowest BCUT2D eigenvalue weighted by Crippen LogP contribution is -2.33. The van der Waals surface area contributed by atoms with Gasteiger partial charge in [-0.05, 0) is 31.9 Å². The van der Waals surface area contributed by atoms with Crippen LogP contribution in [-0.2, 0) is 4.79 Å². The second-order valence-electron chi connectivity index (χ2n) is 6.44. The fourth-order valence-electron chi connectivity index (χ4n) is 2.43. The maximum absolute atomic E-state index is 11.9. The summed E-state index contributed by atoms with van der Waals surface area (Å²) in [6, 6.07) is 0. The van der Waals surface area contributed by atoms with Gasteiger partial charge >= 0.3 is 0 Å². The molecule has 2 N–H and O–H groups in total. The second kappa shape index (κ2) is 7.19. The Kier molecular flexibility index (Phi) is 6.15. The number of aliphatic hydroxyl groups is 2. The quantitative estimate of drug-likeness (QED) is 0.671. The van der Waals surface area contributed by atoms with Crippen LogP contribution in [0.3, 0.4) is 0 Å². The summed E-state index contributed by atoms with van der Waals surface area (Å²) in [4.78, 5) is 11.9. The molecule has 0 aromatic carbocycles. The predicted octanol–water partition coefficient (Wildman–Crippen LogP) is 3.30. The summed E-state index contributed by atoms with van der Waals surface area (Å²) in [6.07, 6.45) is 11.3. The lowest BCUT2D eigenvalue weighted by Gasteiger charge is -2.21.